The van der Waals surface area contributed by atoms with Gasteiger partial charge in [-0.25, -0.2) is 18.2 Å². The van der Waals surface area contributed by atoms with E-state index in [1.165, 1.54) is 17.0 Å². The van der Waals surface area contributed by atoms with Gasteiger partial charge in [0, 0.05) is 16.9 Å². The van der Waals surface area contributed by atoms with E-state index in [0.717, 1.165) is 18.2 Å². The first-order valence-corrected chi connectivity index (χ1v) is 8.03. The second-order valence-electron chi connectivity index (χ2n) is 6.20. The lowest BCUT2D eigenvalue weighted by Gasteiger charge is -2.26. The van der Waals surface area contributed by atoms with Gasteiger partial charge in [-0.3, -0.25) is 14.9 Å². The number of hydrogen-bond donors (Lipinski definition) is 1. The summed E-state index contributed by atoms with van der Waals surface area (Å²) in [5, 5.41) is 10.7. The fraction of sp³-hybridized carbons (Fsp3) is 0.294. The fourth-order valence-corrected chi connectivity index (χ4v) is 3.22. The van der Waals surface area contributed by atoms with Gasteiger partial charge in [-0.05, 0) is 30.3 Å². The smallest absolute Gasteiger partial charge is 0.267 e. The van der Waals surface area contributed by atoms with Gasteiger partial charge in [-0.15, -0.1) is 0 Å². The van der Waals surface area contributed by atoms with Crippen LogP contribution in [0, 0.1) is 21.7 Å². The largest absolute Gasteiger partial charge is 0.364 e. The molecule has 1 aromatic heterocycles. The van der Waals surface area contributed by atoms with Crippen molar-refractivity contribution in [2.24, 2.45) is 5.73 Å². The number of primary amides is 1. The van der Waals surface area contributed by atoms with Crippen molar-refractivity contribution in [3.05, 3.63) is 68.9 Å². The van der Waals surface area contributed by atoms with Gasteiger partial charge in [-0.1, -0.05) is 0 Å². The van der Waals surface area contributed by atoms with Gasteiger partial charge < -0.3 is 10.6 Å². The number of rotatable bonds is 5. The zero-order chi connectivity index (χ0) is 19.7. The van der Waals surface area contributed by atoms with Crippen molar-refractivity contribution >= 4 is 11.7 Å². The molecule has 0 saturated carbocycles. The van der Waals surface area contributed by atoms with Crippen LogP contribution >= 0.6 is 0 Å². The maximum Gasteiger partial charge on any atom is 0.267 e. The van der Waals surface area contributed by atoms with Gasteiger partial charge in [0.15, 0.2) is 0 Å². The van der Waals surface area contributed by atoms with Gasteiger partial charge in [0.1, 0.15) is 29.3 Å². The zero-order valence-electron chi connectivity index (χ0n) is 13.9. The molecule has 1 saturated heterocycles. The quantitative estimate of drug-likeness (QED) is 0.634. The third kappa shape index (κ3) is 3.83. The molecule has 2 aromatic rings. The second-order valence-corrected chi connectivity index (χ2v) is 6.20. The standard InChI is InChI=1S/C17H15F3N4O3/c18-10-2-3-13(20)12(5-10)14-6-11(19)8-23(14)15-4-1-9(7-24(26)27)16(22-15)17(21)25/h1-5,11,14H,6-8H2,(H2,21,25)/t11-,14+/m0/s1. The number of halogens is 3. The highest BCUT2D eigenvalue weighted by atomic mass is 19.1. The van der Waals surface area contributed by atoms with E-state index in [1.807, 2.05) is 0 Å². The second kappa shape index (κ2) is 7.22. The zero-order valence-corrected chi connectivity index (χ0v) is 13.9. The van der Waals surface area contributed by atoms with E-state index >= 15 is 0 Å². The highest BCUT2D eigenvalue weighted by Crippen LogP contribution is 2.38. The lowest BCUT2D eigenvalue weighted by atomic mass is 10.0. The Morgan fingerprint density at radius 1 is 1.33 bits per heavy atom. The van der Waals surface area contributed by atoms with Gasteiger partial charge in [0.05, 0.1) is 18.2 Å². The van der Waals surface area contributed by atoms with Crippen molar-refractivity contribution in [1.29, 1.82) is 0 Å². The molecule has 10 heteroatoms. The first-order valence-electron chi connectivity index (χ1n) is 8.03. The summed E-state index contributed by atoms with van der Waals surface area (Å²) in [4.78, 5) is 27.1. The SMILES string of the molecule is NC(=O)c1nc(N2C[C@@H](F)C[C@@H]2c2cc(F)ccc2F)ccc1C[N+](=O)[O-]. The normalized spacial score (nSPS) is 19.3. The number of alkyl halides is 1. The van der Waals surface area contributed by atoms with Crippen LogP contribution in [0.3, 0.4) is 0 Å². The molecule has 1 aliphatic heterocycles. The Bertz CT molecular complexity index is 909. The number of hydrogen-bond acceptors (Lipinski definition) is 5. The maximum atomic E-state index is 14.2. The van der Waals surface area contributed by atoms with E-state index in [0.29, 0.717) is 0 Å². The minimum atomic E-state index is -1.32. The summed E-state index contributed by atoms with van der Waals surface area (Å²) < 4.78 is 41.8. The van der Waals surface area contributed by atoms with Crippen LogP contribution in [0.1, 0.15) is 34.1 Å². The summed E-state index contributed by atoms with van der Waals surface area (Å²) in [6.07, 6.45) is -1.42. The molecule has 3 rings (SSSR count). The summed E-state index contributed by atoms with van der Waals surface area (Å²) in [6, 6.07) is 4.73. The Balaban J connectivity index is 2.03. The van der Waals surface area contributed by atoms with Crippen LogP contribution in [0.15, 0.2) is 30.3 Å². The summed E-state index contributed by atoms with van der Waals surface area (Å²) >= 11 is 0. The molecule has 2 atom stereocenters. The molecule has 7 nitrogen and oxygen atoms in total. The number of nitrogens with two attached hydrogens (primary N) is 1. The predicted molar refractivity (Wildman–Crippen MR) is 89.4 cm³/mol. The Kier molecular flexibility index (Phi) is 4.98. The van der Waals surface area contributed by atoms with Crippen LogP contribution < -0.4 is 10.6 Å². The molecule has 2 N–H and O–H groups in total. The molecule has 2 heterocycles. The molecule has 1 amide bonds. The topological polar surface area (TPSA) is 102 Å². The number of nitrogens with zero attached hydrogens (tertiary/aromatic N) is 3. The van der Waals surface area contributed by atoms with E-state index in [9.17, 15) is 28.1 Å². The molecular weight excluding hydrogens is 365 g/mol. The number of pyridine rings is 1. The van der Waals surface area contributed by atoms with Gasteiger partial charge in [-0.2, -0.15) is 0 Å². The third-order valence-electron chi connectivity index (χ3n) is 4.36. The van der Waals surface area contributed by atoms with E-state index in [1.54, 1.807) is 0 Å². The van der Waals surface area contributed by atoms with E-state index in [4.69, 9.17) is 5.73 Å². The van der Waals surface area contributed by atoms with Crippen molar-refractivity contribution in [2.45, 2.75) is 25.2 Å². The Hall–Kier alpha value is -3.17. The fourth-order valence-electron chi connectivity index (χ4n) is 3.22. The highest BCUT2D eigenvalue weighted by molar-refractivity contribution is 5.92. The van der Waals surface area contributed by atoms with E-state index < -0.39 is 41.2 Å². The predicted octanol–water partition coefficient (Wildman–Crippen LogP) is 2.52. The Morgan fingerprint density at radius 2 is 2.07 bits per heavy atom. The number of carbonyl (C=O) groups is 1. The Morgan fingerprint density at radius 3 is 2.74 bits per heavy atom. The molecule has 1 fully saturated rings. The van der Waals surface area contributed by atoms with Crippen LogP contribution in [-0.2, 0) is 6.54 Å². The number of carbonyl (C=O) groups excluding carboxylic acids is 1. The molecule has 142 valence electrons. The van der Waals surface area contributed by atoms with Crippen molar-refractivity contribution in [3.8, 4) is 0 Å². The lowest BCUT2D eigenvalue weighted by molar-refractivity contribution is -0.496. The van der Waals surface area contributed by atoms with E-state index in [2.05, 4.69) is 4.98 Å². The maximum absolute atomic E-state index is 14.2. The van der Waals surface area contributed by atoms with Crippen molar-refractivity contribution in [2.75, 3.05) is 11.4 Å². The molecule has 0 unspecified atom stereocenters. The number of aromatic nitrogens is 1. The molecule has 0 spiro atoms. The molecule has 1 aliphatic rings. The van der Waals surface area contributed by atoms with Crippen LogP contribution in [0.25, 0.3) is 0 Å². The average Bonchev–Trinajstić information content (AvgIpc) is 2.98. The minimum Gasteiger partial charge on any atom is -0.364 e. The molecule has 27 heavy (non-hydrogen) atoms. The number of nitro groups is 1. The van der Waals surface area contributed by atoms with Gasteiger partial charge in [0.2, 0.25) is 6.54 Å². The monoisotopic (exact) mass is 380 g/mol. The molecular formula is C17H15F3N4O3. The van der Waals surface area contributed by atoms with Crippen molar-refractivity contribution in [3.63, 3.8) is 0 Å². The lowest BCUT2D eigenvalue weighted by Crippen LogP contribution is -2.27. The minimum absolute atomic E-state index is 0.0146. The summed E-state index contributed by atoms with van der Waals surface area (Å²) in [7, 11) is 0. The summed E-state index contributed by atoms with van der Waals surface area (Å²) in [5.41, 5.74) is 4.91. The summed E-state index contributed by atoms with van der Waals surface area (Å²) in [6.45, 7) is -0.806. The van der Waals surface area contributed by atoms with Crippen molar-refractivity contribution in [1.82, 2.24) is 4.98 Å². The van der Waals surface area contributed by atoms with Gasteiger partial charge >= 0.3 is 0 Å². The first-order chi connectivity index (χ1) is 12.8. The molecule has 0 bridgehead atoms. The van der Waals surface area contributed by atoms with Crippen LogP contribution in [0.4, 0.5) is 19.0 Å². The first kappa shape index (κ1) is 18.6. The van der Waals surface area contributed by atoms with Gasteiger partial charge in [0.25, 0.3) is 5.91 Å². The molecule has 0 radical (unpaired) electrons. The van der Waals surface area contributed by atoms with Crippen LogP contribution in [0.2, 0.25) is 0 Å². The van der Waals surface area contributed by atoms with Crippen LogP contribution in [-0.4, -0.2) is 28.5 Å². The third-order valence-corrected chi connectivity index (χ3v) is 4.36. The van der Waals surface area contributed by atoms with E-state index in [-0.39, 0.29) is 35.6 Å². The molecule has 1 aromatic carbocycles. The highest BCUT2D eigenvalue weighted by Gasteiger charge is 2.36. The van der Waals surface area contributed by atoms with Crippen LogP contribution in [0.5, 0.6) is 0 Å². The average molecular weight is 380 g/mol. The number of anilines is 1. The number of benzene rings is 1. The summed E-state index contributed by atoms with van der Waals surface area (Å²) in [5.74, 6) is -2.23. The number of amides is 1. The molecule has 0 aliphatic carbocycles. The Labute approximate surface area is 151 Å². The van der Waals surface area contributed by atoms with Crippen molar-refractivity contribution < 1.29 is 22.9 Å².